The molecule has 0 N–H and O–H groups in total. The first kappa shape index (κ1) is 16.2. The second-order valence-corrected chi connectivity index (χ2v) is 6.24. The Bertz CT molecular complexity index is 804. The average Bonchev–Trinajstić information content (AvgIpc) is 3.11. The van der Waals surface area contributed by atoms with Gasteiger partial charge in [0.2, 0.25) is 0 Å². The summed E-state index contributed by atoms with van der Waals surface area (Å²) < 4.78 is 7.83. The van der Waals surface area contributed by atoms with E-state index in [1.807, 2.05) is 42.8 Å². The van der Waals surface area contributed by atoms with Crippen molar-refractivity contribution in [1.29, 1.82) is 0 Å². The van der Waals surface area contributed by atoms with Gasteiger partial charge in [-0.2, -0.15) is 0 Å². The van der Waals surface area contributed by atoms with Crippen molar-refractivity contribution in [2.75, 3.05) is 0 Å². The number of aryl methyl sites for hydroxylation is 1. The van der Waals surface area contributed by atoms with E-state index in [0.29, 0.717) is 6.42 Å². The third kappa shape index (κ3) is 3.65. The van der Waals surface area contributed by atoms with E-state index in [-0.39, 0.29) is 18.0 Å². The van der Waals surface area contributed by atoms with E-state index in [4.69, 9.17) is 4.74 Å². The van der Waals surface area contributed by atoms with Crippen molar-refractivity contribution >= 4 is 16.7 Å². The van der Waals surface area contributed by atoms with Crippen LogP contribution in [0.1, 0.15) is 31.9 Å². The van der Waals surface area contributed by atoms with E-state index in [2.05, 4.69) is 29.2 Å². The highest BCUT2D eigenvalue weighted by atomic mass is 16.5. The van der Waals surface area contributed by atoms with Crippen molar-refractivity contribution in [3.63, 3.8) is 0 Å². The van der Waals surface area contributed by atoms with Crippen molar-refractivity contribution in [2.24, 2.45) is 5.92 Å². The normalized spacial score (nSPS) is 12.5. The number of ether oxygens (including phenoxy) is 1. The van der Waals surface area contributed by atoms with Crippen molar-refractivity contribution in [1.82, 2.24) is 9.55 Å². The van der Waals surface area contributed by atoms with Crippen LogP contribution in [0.3, 0.4) is 0 Å². The summed E-state index contributed by atoms with van der Waals surface area (Å²) in [6.45, 7) is 4.47. The van der Waals surface area contributed by atoms with Crippen LogP contribution in [0.4, 0.5) is 0 Å². The van der Waals surface area contributed by atoms with Gasteiger partial charge in [-0.25, -0.2) is 4.98 Å². The predicted molar refractivity (Wildman–Crippen MR) is 94.5 cm³/mol. The molecule has 0 bridgehead atoms. The van der Waals surface area contributed by atoms with E-state index in [9.17, 15) is 4.79 Å². The third-order valence-corrected chi connectivity index (χ3v) is 4.11. The summed E-state index contributed by atoms with van der Waals surface area (Å²) in [6, 6.07) is 14.3. The number of hydrogen-bond acceptors (Lipinski definition) is 3. The van der Waals surface area contributed by atoms with Crippen LogP contribution in [-0.2, 0) is 16.1 Å². The first-order valence-electron chi connectivity index (χ1n) is 8.29. The van der Waals surface area contributed by atoms with Crippen LogP contribution in [0.15, 0.2) is 61.2 Å². The first-order valence-corrected chi connectivity index (χ1v) is 8.29. The second-order valence-electron chi connectivity index (χ2n) is 6.24. The molecule has 0 radical (unpaired) electrons. The second kappa shape index (κ2) is 7.30. The molecule has 0 aliphatic carbocycles. The van der Waals surface area contributed by atoms with Gasteiger partial charge in [-0.05, 0) is 10.8 Å². The summed E-state index contributed by atoms with van der Waals surface area (Å²) in [5.41, 5.74) is 1.06. The molecule has 0 aliphatic heterocycles. The molecule has 24 heavy (non-hydrogen) atoms. The maximum absolute atomic E-state index is 12.2. The molecule has 1 atom stereocenters. The fourth-order valence-corrected chi connectivity index (χ4v) is 2.77. The van der Waals surface area contributed by atoms with Gasteiger partial charge in [-0.1, -0.05) is 56.3 Å². The average molecular weight is 322 g/mol. The Morgan fingerprint density at radius 3 is 2.71 bits per heavy atom. The highest BCUT2D eigenvalue weighted by Gasteiger charge is 2.20. The summed E-state index contributed by atoms with van der Waals surface area (Å²) in [5, 5.41) is 2.29. The SMILES string of the molecule is CC(C)C(=O)OC(CCn1ccnc1)c1cccc2ccccc12. The summed E-state index contributed by atoms with van der Waals surface area (Å²) in [7, 11) is 0. The monoisotopic (exact) mass is 322 g/mol. The summed E-state index contributed by atoms with van der Waals surface area (Å²) in [4.78, 5) is 16.2. The van der Waals surface area contributed by atoms with E-state index in [1.165, 1.54) is 0 Å². The zero-order chi connectivity index (χ0) is 16.9. The Balaban J connectivity index is 1.91. The molecule has 0 amide bonds. The quantitative estimate of drug-likeness (QED) is 0.633. The van der Waals surface area contributed by atoms with Gasteiger partial charge in [0.05, 0.1) is 12.2 Å². The van der Waals surface area contributed by atoms with Crippen LogP contribution < -0.4 is 0 Å². The van der Waals surface area contributed by atoms with Gasteiger partial charge in [0.15, 0.2) is 0 Å². The molecule has 3 rings (SSSR count). The standard InChI is InChI=1S/C20H22N2O2/c1-15(2)20(23)24-19(10-12-22-13-11-21-14-22)18-9-5-7-16-6-3-4-8-17(16)18/h3-9,11,13-15,19H,10,12H2,1-2H3. The molecule has 0 spiro atoms. The van der Waals surface area contributed by atoms with E-state index >= 15 is 0 Å². The van der Waals surface area contributed by atoms with Crippen LogP contribution in [0.5, 0.6) is 0 Å². The molecule has 0 fully saturated rings. The molecule has 0 saturated heterocycles. The largest absolute Gasteiger partial charge is 0.457 e. The maximum atomic E-state index is 12.2. The summed E-state index contributed by atoms with van der Waals surface area (Å²) in [6.07, 6.45) is 5.90. The number of fused-ring (bicyclic) bond motifs is 1. The van der Waals surface area contributed by atoms with E-state index in [1.54, 1.807) is 12.5 Å². The molecule has 1 aromatic heterocycles. The molecular weight excluding hydrogens is 300 g/mol. The molecule has 0 saturated carbocycles. The van der Waals surface area contributed by atoms with Crippen LogP contribution in [0, 0.1) is 5.92 Å². The number of hydrogen-bond donors (Lipinski definition) is 0. The van der Waals surface area contributed by atoms with Gasteiger partial charge in [-0.15, -0.1) is 0 Å². The van der Waals surface area contributed by atoms with Gasteiger partial charge in [0.1, 0.15) is 6.10 Å². The number of esters is 1. The number of carbonyl (C=O) groups is 1. The Labute approximate surface area is 142 Å². The molecule has 1 unspecified atom stereocenters. The zero-order valence-electron chi connectivity index (χ0n) is 14.1. The fraction of sp³-hybridized carbons (Fsp3) is 0.300. The lowest BCUT2D eigenvalue weighted by Gasteiger charge is -2.21. The lowest BCUT2D eigenvalue weighted by Crippen LogP contribution is -2.17. The van der Waals surface area contributed by atoms with Crippen molar-refractivity contribution in [3.8, 4) is 0 Å². The highest BCUT2D eigenvalue weighted by Crippen LogP contribution is 2.30. The van der Waals surface area contributed by atoms with Crippen molar-refractivity contribution in [2.45, 2.75) is 32.9 Å². The summed E-state index contributed by atoms with van der Waals surface area (Å²) >= 11 is 0. The topological polar surface area (TPSA) is 44.1 Å². The third-order valence-electron chi connectivity index (χ3n) is 4.11. The molecule has 4 nitrogen and oxygen atoms in total. The number of rotatable bonds is 6. The van der Waals surface area contributed by atoms with E-state index < -0.39 is 0 Å². The lowest BCUT2D eigenvalue weighted by molar-refractivity contribution is -0.153. The Kier molecular flexibility index (Phi) is 4.94. The summed E-state index contributed by atoms with van der Waals surface area (Å²) in [5.74, 6) is -0.311. The van der Waals surface area contributed by atoms with E-state index in [0.717, 1.165) is 22.9 Å². The first-order chi connectivity index (χ1) is 11.6. The van der Waals surface area contributed by atoms with Gasteiger partial charge >= 0.3 is 5.97 Å². The zero-order valence-corrected chi connectivity index (χ0v) is 14.1. The minimum Gasteiger partial charge on any atom is -0.457 e. The molecule has 2 aromatic carbocycles. The van der Waals surface area contributed by atoms with Crippen LogP contribution in [0.25, 0.3) is 10.8 Å². The Morgan fingerprint density at radius 1 is 1.17 bits per heavy atom. The Morgan fingerprint density at radius 2 is 1.96 bits per heavy atom. The van der Waals surface area contributed by atoms with Crippen molar-refractivity contribution < 1.29 is 9.53 Å². The van der Waals surface area contributed by atoms with Gasteiger partial charge in [0.25, 0.3) is 0 Å². The Hall–Kier alpha value is -2.62. The van der Waals surface area contributed by atoms with Crippen molar-refractivity contribution in [3.05, 3.63) is 66.7 Å². The highest BCUT2D eigenvalue weighted by molar-refractivity contribution is 5.86. The molecule has 124 valence electrons. The van der Waals surface area contributed by atoms with Gasteiger partial charge < -0.3 is 9.30 Å². The molecular formula is C20H22N2O2. The lowest BCUT2D eigenvalue weighted by atomic mass is 9.98. The minimum absolute atomic E-state index is 0.143. The van der Waals surface area contributed by atoms with Crippen LogP contribution >= 0.6 is 0 Å². The smallest absolute Gasteiger partial charge is 0.308 e. The minimum atomic E-state index is -0.270. The predicted octanol–water partition coefficient (Wildman–Crippen LogP) is 4.37. The number of carbonyl (C=O) groups excluding carboxylic acids is 1. The van der Waals surface area contributed by atoms with Gasteiger partial charge in [0, 0.05) is 30.9 Å². The fourth-order valence-electron chi connectivity index (χ4n) is 2.77. The molecule has 4 heteroatoms. The molecule has 0 aliphatic rings. The molecule has 1 heterocycles. The van der Waals surface area contributed by atoms with Crippen LogP contribution in [0.2, 0.25) is 0 Å². The number of aromatic nitrogens is 2. The molecule has 3 aromatic rings. The van der Waals surface area contributed by atoms with Crippen LogP contribution in [-0.4, -0.2) is 15.5 Å². The maximum Gasteiger partial charge on any atom is 0.308 e. The number of imidazole rings is 1. The van der Waals surface area contributed by atoms with Gasteiger partial charge in [-0.3, -0.25) is 4.79 Å². The number of nitrogens with zero attached hydrogens (tertiary/aromatic N) is 2. The number of benzene rings is 2.